The first-order valence-corrected chi connectivity index (χ1v) is 4.67. The third kappa shape index (κ3) is 1.51. The van der Waals surface area contributed by atoms with Gasteiger partial charge in [-0.05, 0) is 25.3 Å². The fourth-order valence-corrected chi connectivity index (χ4v) is 1.88. The van der Waals surface area contributed by atoms with Crippen molar-refractivity contribution in [2.45, 2.75) is 31.8 Å². The average Bonchev–Trinajstić information content (AvgIpc) is 2.54. The van der Waals surface area contributed by atoms with Crippen LogP contribution in [-0.2, 0) is 0 Å². The first-order chi connectivity index (χ1) is 5.86. The van der Waals surface area contributed by atoms with Gasteiger partial charge >= 0.3 is 0 Å². The number of nitrogens with one attached hydrogen (secondary N) is 1. The highest BCUT2D eigenvalue weighted by atomic mass is 15.0. The van der Waals surface area contributed by atoms with Crippen LogP contribution in [0.25, 0.3) is 0 Å². The Bertz CT molecular complexity index is 242. The smallest absolute Gasteiger partial charge is 0.0323 e. The molecule has 1 aliphatic rings. The van der Waals surface area contributed by atoms with Gasteiger partial charge < -0.3 is 5.32 Å². The summed E-state index contributed by atoms with van der Waals surface area (Å²) < 4.78 is 0. The van der Waals surface area contributed by atoms with E-state index in [0.29, 0.717) is 12.1 Å². The number of hydrogen-bond donors (Lipinski definition) is 1. The van der Waals surface area contributed by atoms with Gasteiger partial charge in [-0.3, -0.25) is 0 Å². The predicted molar refractivity (Wildman–Crippen MR) is 51.0 cm³/mol. The van der Waals surface area contributed by atoms with Crippen molar-refractivity contribution >= 4 is 0 Å². The van der Waals surface area contributed by atoms with E-state index in [1.165, 1.54) is 18.4 Å². The zero-order valence-electron chi connectivity index (χ0n) is 7.46. The van der Waals surface area contributed by atoms with Gasteiger partial charge in [-0.1, -0.05) is 30.3 Å². The summed E-state index contributed by atoms with van der Waals surface area (Å²) in [5, 5.41) is 3.57. The Kier molecular flexibility index (Phi) is 2.13. The second-order valence-electron chi connectivity index (χ2n) is 3.61. The maximum absolute atomic E-state index is 3.57. The molecule has 1 heteroatoms. The van der Waals surface area contributed by atoms with Crippen LogP contribution in [0.3, 0.4) is 0 Å². The second-order valence-corrected chi connectivity index (χ2v) is 3.61. The molecule has 1 aromatic rings. The van der Waals surface area contributed by atoms with Gasteiger partial charge in [-0.25, -0.2) is 0 Å². The molecule has 0 aliphatic carbocycles. The lowest BCUT2D eigenvalue weighted by Crippen LogP contribution is -2.20. The Labute approximate surface area is 73.8 Å². The molecule has 0 unspecified atom stereocenters. The van der Waals surface area contributed by atoms with E-state index < -0.39 is 0 Å². The van der Waals surface area contributed by atoms with E-state index >= 15 is 0 Å². The molecule has 0 bridgehead atoms. The zero-order chi connectivity index (χ0) is 8.39. The first-order valence-electron chi connectivity index (χ1n) is 4.67. The highest BCUT2D eigenvalue weighted by Gasteiger charge is 2.20. The van der Waals surface area contributed by atoms with E-state index in [1.807, 2.05) is 0 Å². The Morgan fingerprint density at radius 1 is 1.17 bits per heavy atom. The van der Waals surface area contributed by atoms with Crippen LogP contribution in [0.15, 0.2) is 30.3 Å². The van der Waals surface area contributed by atoms with E-state index in [-0.39, 0.29) is 0 Å². The van der Waals surface area contributed by atoms with Gasteiger partial charge in [0.15, 0.2) is 0 Å². The van der Waals surface area contributed by atoms with Gasteiger partial charge in [0.2, 0.25) is 0 Å². The summed E-state index contributed by atoms with van der Waals surface area (Å²) >= 11 is 0. The topological polar surface area (TPSA) is 12.0 Å². The van der Waals surface area contributed by atoms with E-state index in [2.05, 4.69) is 42.6 Å². The molecule has 0 saturated carbocycles. The predicted octanol–water partition coefficient (Wildman–Crippen LogP) is 2.50. The molecule has 1 saturated heterocycles. The summed E-state index contributed by atoms with van der Waals surface area (Å²) in [4.78, 5) is 0. The van der Waals surface area contributed by atoms with Crippen LogP contribution in [0.4, 0.5) is 0 Å². The molecule has 0 amide bonds. The van der Waals surface area contributed by atoms with Crippen molar-refractivity contribution in [3.63, 3.8) is 0 Å². The van der Waals surface area contributed by atoms with Gasteiger partial charge in [0.25, 0.3) is 0 Å². The number of benzene rings is 1. The van der Waals surface area contributed by atoms with Crippen molar-refractivity contribution < 1.29 is 0 Å². The van der Waals surface area contributed by atoms with Gasteiger partial charge in [0, 0.05) is 12.1 Å². The molecule has 1 heterocycles. The number of hydrogen-bond acceptors (Lipinski definition) is 1. The van der Waals surface area contributed by atoms with Gasteiger partial charge in [0.1, 0.15) is 0 Å². The molecule has 12 heavy (non-hydrogen) atoms. The maximum Gasteiger partial charge on any atom is 0.0323 e. The molecular formula is C11H15N. The van der Waals surface area contributed by atoms with E-state index in [0.717, 1.165) is 0 Å². The summed E-state index contributed by atoms with van der Waals surface area (Å²) in [7, 11) is 0. The van der Waals surface area contributed by atoms with E-state index in [9.17, 15) is 0 Å². The van der Waals surface area contributed by atoms with Gasteiger partial charge in [-0.2, -0.15) is 0 Å². The molecule has 1 N–H and O–H groups in total. The van der Waals surface area contributed by atoms with Crippen molar-refractivity contribution in [2.24, 2.45) is 0 Å². The van der Waals surface area contributed by atoms with Crippen molar-refractivity contribution in [3.05, 3.63) is 35.9 Å². The van der Waals surface area contributed by atoms with Crippen molar-refractivity contribution in [3.8, 4) is 0 Å². The number of rotatable bonds is 1. The highest BCUT2D eigenvalue weighted by Crippen LogP contribution is 2.25. The molecule has 64 valence electrons. The summed E-state index contributed by atoms with van der Waals surface area (Å²) in [5.74, 6) is 0. The molecule has 1 aromatic carbocycles. The van der Waals surface area contributed by atoms with Crippen molar-refractivity contribution in [1.29, 1.82) is 0 Å². The van der Waals surface area contributed by atoms with Crippen LogP contribution in [0.5, 0.6) is 0 Å². The van der Waals surface area contributed by atoms with Crippen molar-refractivity contribution in [2.75, 3.05) is 0 Å². The lowest BCUT2D eigenvalue weighted by Gasteiger charge is -2.11. The fraction of sp³-hybridized carbons (Fsp3) is 0.455. The Morgan fingerprint density at radius 2 is 1.92 bits per heavy atom. The molecule has 0 spiro atoms. The molecule has 1 fully saturated rings. The summed E-state index contributed by atoms with van der Waals surface area (Å²) in [6.07, 6.45) is 2.59. The molecule has 0 radical (unpaired) electrons. The van der Waals surface area contributed by atoms with Crippen LogP contribution in [0.2, 0.25) is 0 Å². The Morgan fingerprint density at radius 3 is 2.50 bits per heavy atom. The van der Waals surface area contributed by atoms with Crippen LogP contribution in [-0.4, -0.2) is 6.04 Å². The van der Waals surface area contributed by atoms with Crippen LogP contribution in [0, 0.1) is 0 Å². The quantitative estimate of drug-likeness (QED) is 0.667. The first kappa shape index (κ1) is 7.81. The molecule has 2 rings (SSSR count). The monoisotopic (exact) mass is 161 g/mol. The fourth-order valence-electron chi connectivity index (χ4n) is 1.88. The maximum atomic E-state index is 3.57. The summed E-state index contributed by atoms with van der Waals surface area (Å²) in [5.41, 5.74) is 1.43. The standard InChI is InChI=1S/C11H15N/c1-9-7-8-11(12-9)10-5-3-2-4-6-10/h2-6,9,11-12H,7-8H2,1H3/t9-,11-/m1/s1. The lowest BCUT2D eigenvalue weighted by atomic mass is 10.1. The van der Waals surface area contributed by atoms with Gasteiger partial charge in [0.05, 0.1) is 0 Å². The minimum Gasteiger partial charge on any atom is -0.307 e. The summed E-state index contributed by atoms with van der Waals surface area (Å²) in [6, 6.07) is 12.0. The minimum atomic E-state index is 0.598. The van der Waals surface area contributed by atoms with E-state index in [4.69, 9.17) is 0 Å². The third-order valence-electron chi connectivity index (χ3n) is 2.58. The molecule has 1 nitrogen and oxygen atoms in total. The normalized spacial score (nSPS) is 29.1. The highest BCUT2D eigenvalue weighted by molar-refractivity contribution is 5.19. The summed E-state index contributed by atoms with van der Waals surface area (Å²) in [6.45, 7) is 2.25. The lowest BCUT2D eigenvalue weighted by molar-refractivity contribution is 0.585. The molecule has 0 aromatic heterocycles. The second kappa shape index (κ2) is 3.28. The van der Waals surface area contributed by atoms with Crippen LogP contribution < -0.4 is 5.32 Å². The Hall–Kier alpha value is -0.820. The third-order valence-corrected chi connectivity index (χ3v) is 2.58. The Balaban J connectivity index is 2.11. The molecular weight excluding hydrogens is 146 g/mol. The average molecular weight is 161 g/mol. The van der Waals surface area contributed by atoms with Crippen LogP contribution >= 0.6 is 0 Å². The molecule has 2 atom stereocenters. The molecule has 1 aliphatic heterocycles. The van der Waals surface area contributed by atoms with Crippen LogP contribution in [0.1, 0.15) is 31.4 Å². The van der Waals surface area contributed by atoms with Gasteiger partial charge in [-0.15, -0.1) is 0 Å². The van der Waals surface area contributed by atoms with E-state index in [1.54, 1.807) is 0 Å². The SMILES string of the molecule is C[C@@H]1CC[C@H](c2ccccc2)N1. The zero-order valence-corrected chi connectivity index (χ0v) is 7.46. The largest absolute Gasteiger partial charge is 0.307 e. The minimum absolute atomic E-state index is 0.598. The van der Waals surface area contributed by atoms with Crippen molar-refractivity contribution in [1.82, 2.24) is 5.32 Å².